The van der Waals surface area contributed by atoms with E-state index >= 15 is 0 Å². The number of fused-ring (bicyclic) bond motifs is 1. The fourth-order valence-corrected chi connectivity index (χ4v) is 3.90. The normalized spacial score (nSPS) is 13.6. The number of benzene rings is 2. The van der Waals surface area contributed by atoms with Crippen molar-refractivity contribution in [2.24, 2.45) is 0 Å². The van der Waals surface area contributed by atoms with Gasteiger partial charge in [0.2, 0.25) is 5.91 Å². The summed E-state index contributed by atoms with van der Waals surface area (Å²) in [5.41, 5.74) is 0.856. The summed E-state index contributed by atoms with van der Waals surface area (Å²) in [5, 5.41) is 0.817. The summed E-state index contributed by atoms with van der Waals surface area (Å²) in [6.45, 7) is 0.421. The summed E-state index contributed by atoms with van der Waals surface area (Å²) in [6, 6.07) is 14.1. The van der Waals surface area contributed by atoms with Crippen LogP contribution < -0.4 is 10.3 Å². The average Bonchev–Trinajstić information content (AvgIpc) is 3.18. The average molecular weight is 411 g/mol. The minimum absolute atomic E-state index is 0.0517. The van der Waals surface area contributed by atoms with Gasteiger partial charge in [0.05, 0.1) is 36.0 Å². The summed E-state index contributed by atoms with van der Waals surface area (Å²) in [7, 11) is 1.55. The molecule has 0 unspecified atom stereocenters. The van der Waals surface area contributed by atoms with Crippen molar-refractivity contribution in [2.75, 3.05) is 26.0 Å². The summed E-state index contributed by atoms with van der Waals surface area (Å²) < 4.78 is 11.5. The molecule has 4 rings (SSSR count). The predicted molar refractivity (Wildman–Crippen MR) is 108 cm³/mol. The molecule has 0 spiro atoms. The van der Waals surface area contributed by atoms with Gasteiger partial charge >= 0.3 is 6.09 Å². The first kappa shape index (κ1) is 19.0. The minimum atomic E-state index is -0.646. The molecule has 0 bridgehead atoms. The number of carbonyl (C=O) groups excluding carboxylic acids is 2. The smallest absolute Gasteiger partial charge is 0.416 e. The number of hydrogen-bond donors (Lipinski definition) is 0. The van der Waals surface area contributed by atoms with Crippen LogP contribution in [0.4, 0.5) is 4.79 Å². The number of carbonyl (C=O) groups is 2. The lowest BCUT2D eigenvalue weighted by atomic mass is 10.2. The van der Waals surface area contributed by atoms with Gasteiger partial charge in [-0.05, 0) is 24.3 Å². The molecule has 8 nitrogen and oxygen atoms in total. The van der Waals surface area contributed by atoms with Crippen molar-refractivity contribution in [3.05, 3.63) is 58.9 Å². The van der Waals surface area contributed by atoms with E-state index in [1.807, 2.05) is 0 Å². The minimum Gasteiger partial charge on any atom is -0.497 e. The third-order valence-electron chi connectivity index (χ3n) is 4.44. The largest absolute Gasteiger partial charge is 0.497 e. The highest BCUT2D eigenvalue weighted by molar-refractivity contribution is 7.99. The Morgan fingerprint density at radius 1 is 1.21 bits per heavy atom. The van der Waals surface area contributed by atoms with Gasteiger partial charge in [-0.15, -0.1) is 0 Å². The third kappa shape index (κ3) is 3.68. The van der Waals surface area contributed by atoms with E-state index in [2.05, 4.69) is 4.98 Å². The SMILES string of the molecule is COc1cccc(-n2c(SCC(=O)N3CCOC3=O)nc3ccccc3c2=O)c1. The lowest BCUT2D eigenvalue weighted by Crippen LogP contribution is -2.33. The van der Waals surface area contributed by atoms with E-state index < -0.39 is 12.0 Å². The maximum Gasteiger partial charge on any atom is 0.416 e. The van der Waals surface area contributed by atoms with Gasteiger partial charge in [0.1, 0.15) is 12.4 Å². The second-order valence-corrected chi connectivity index (χ2v) is 7.14. The Kier molecular flexibility index (Phi) is 5.22. The number of ether oxygens (including phenoxy) is 2. The van der Waals surface area contributed by atoms with Crippen molar-refractivity contribution in [2.45, 2.75) is 5.16 Å². The number of cyclic esters (lactones) is 1. The van der Waals surface area contributed by atoms with Crippen molar-refractivity contribution < 1.29 is 19.1 Å². The number of amides is 2. The van der Waals surface area contributed by atoms with Gasteiger partial charge in [-0.3, -0.25) is 14.2 Å². The van der Waals surface area contributed by atoms with E-state index in [1.54, 1.807) is 55.6 Å². The van der Waals surface area contributed by atoms with Gasteiger partial charge in [0, 0.05) is 6.07 Å². The first-order chi connectivity index (χ1) is 14.1. The van der Waals surface area contributed by atoms with Crippen LogP contribution >= 0.6 is 11.8 Å². The van der Waals surface area contributed by atoms with Crippen LogP contribution in [0.15, 0.2) is 58.5 Å². The van der Waals surface area contributed by atoms with Gasteiger partial charge in [-0.1, -0.05) is 30.0 Å². The van der Waals surface area contributed by atoms with Crippen molar-refractivity contribution in [1.82, 2.24) is 14.5 Å². The number of rotatable bonds is 5. The van der Waals surface area contributed by atoms with Gasteiger partial charge in [-0.25, -0.2) is 14.7 Å². The molecule has 1 fully saturated rings. The Morgan fingerprint density at radius 2 is 2.03 bits per heavy atom. The van der Waals surface area contributed by atoms with E-state index in [9.17, 15) is 14.4 Å². The number of thioether (sulfide) groups is 1. The zero-order chi connectivity index (χ0) is 20.4. The van der Waals surface area contributed by atoms with Crippen LogP contribution in [0.25, 0.3) is 16.6 Å². The molecule has 0 N–H and O–H groups in total. The third-order valence-corrected chi connectivity index (χ3v) is 5.37. The first-order valence-electron chi connectivity index (χ1n) is 8.84. The van der Waals surface area contributed by atoms with Crippen molar-refractivity contribution in [3.63, 3.8) is 0 Å². The van der Waals surface area contributed by atoms with Gasteiger partial charge in [0.25, 0.3) is 5.56 Å². The van der Waals surface area contributed by atoms with E-state index in [-0.39, 0.29) is 24.5 Å². The Balaban J connectivity index is 1.76. The van der Waals surface area contributed by atoms with Crippen LogP contribution in [0.5, 0.6) is 5.75 Å². The predicted octanol–water partition coefficient (Wildman–Crippen LogP) is 2.47. The summed E-state index contributed by atoms with van der Waals surface area (Å²) in [5.74, 6) is 0.149. The lowest BCUT2D eigenvalue weighted by molar-refractivity contribution is -0.125. The maximum absolute atomic E-state index is 13.2. The Morgan fingerprint density at radius 3 is 2.79 bits per heavy atom. The molecule has 3 aromatic rings. The van der Waals surface area contributed by atoms with Gasteiger partial charge in [-0.2, -0.15) is 0 Å². The number of nitrogens with zero attached hydrogens (tertiary/aromatic N) is 3. The van der Waals surface area contributed by atoms with Crippen LogP contribution in [-0.4, -0.2) is 52.5 Å². The maximum atomic E-state index is 13.2. The van der Waals surface area contributed by atoms with Crippen molar-refractivity contribution in [1.29, 1.82) is 0 Å². The number of aromatic nitrogens is 2. The number of hydrogen-bond acceptors (Lipinski definition) is 7. The molecular weight excluding hydrogens is 394 g/mol. The number of para-hydroxylation sites is 1. The standard InChI is InChI=1S/C20H17N3O5S/c1-27-14-6-4-5-13(11-14)23-18(25)15-7-2-3-8-16(15)21-19(23)29-12-17(24)22-9-10-28-20(22)26/h2-8,11H,9-10,12H2,1H3. The molecule has 9 heteroatoms. The summed E-state index contributed by atoms with van der Waals surface area (Å²) in [6.07, 6.45) is -0.646. The summed E-state index contributed by atoms with van der Waals surface area (Å²) >= 11 is 1.09. The van der Waals surface area contributed by atoms with Gasteiger partial charge in [0.15, 0.2) is 5.16 Å². The molecule has 2 amide bonds. The summed E-state index contributed by atoms with van der Waals surface area (Å²) in [4.78, 5) is 42.8. The highest BCUT2D eigenvalue weighted by Crippen LogP contribution is 2.24. The van der Waals surface area contributed by atoms with Crippen LogP contribution in [-0.2, 0) is 9.53 Å². The molecule has 0 aliphatic carbocycles. The highest BCUT2D eigenvalue weighted by Gasteiger charge is 2.28. The number of imide groups is 1. The lowest BCUT2D eigenvalue weighted by Gasteiger charge is -2.15. The van der Waals surface area contributed by atoms with Crippen molar-refractivity contribution in [3.8, 4) is 11.4 Å². The van der Waals surface area contributed by atoms with E-state index in [0.29, 0.717) is 27.5 Å². The quantitative estimate of drug-likeness (QED) is 0.470. The molecule has 1 aliphatic rings. The molecule has 148 valence electrons. The first-order valence-corrected chi connectivity index (χ1v) is 9.83. The Hall–Kier alpha value is -3.33. The second kappa shape index (κ2) is 7.96. The molecule has 1 aliphatic heterocycles. The fraction of sp³-hybridized carbons (Fsp3) is 0.200. The molecule has 29 heavy (non-hydrogen) atoms. The second-order valence-electron chi connectivity index (χ2n) is 6.20. The molecular formula is C20H17N3O5S. The molecule has 1 saturated heterocycles. The molecule has 0 radical (unpaired) electrons. The highest BCUT2D eigenvalue weighted by atomic mass is 32.2. The molecule has 2 aromatic carbocycles. The van der Waals surface area contributed by atoms with Crippen molar-refractivity contribution >= 4 is 34.7 Å². The molecule has 2 heterocycles. The molecule has 0 atom stereocenters. The number of methoxy groups -OCH3 is 1. The zero-order valence-electron chi connectivity index (χ0n) is 15.5. The van der Waals surface area contributed by atoms with E-state index in [1.165, 1.54) is 4.57 Å². The zero-order valence-corrected chi connectivity index (χ0v) is 16.3. The van der Waals surface area contributed by atoms with Crippen LogP contribution in [0.3, 0.4) is 0 Å². The van der Waals surface area contributed by atoms with Crippen LogP contribution in [0.2, 0.25) is 0 Å². The Bertz CT molecular complexity index is 1160. The van der Waals surface area contributed by atoms with Crippen LogP contribution in [0, 0.1) is 0 Å². The monoisotopic (exact) mass is 411 g/mol. The van der Waals surface area contributed by atoms with Crippen LogP contribution in [0.1, 0.15) is 0 Å². The molecule has 1 aromatic heterocycles. The molecule has 0 saturated carbocycles. The van der Waals surface area contributed by atoms with E-state index in [0.717, 1.165) is 16.7 Å². The Labute approximate surface area is 170 Å². The van der Waals surface area contributed by atoms with Gasteiger partial charge < -0.3 is 9.47 Å². The fourth-order valence-electron chi connectivity index (χ4n) is 3.01. The van der Waals surface area contributed by atoms with E-state index in [4.69, 9.17) is 9.47 Å². The topological polar surface area (TPSA) is 90.7 Å².